The van der Waals surface area contributed by atoms with Crippen LogP contribution < -0.4 is 15.4 Å². The first-order valence-electron chi connectivity index (χ1n) is 8.56. The van der Waals surface area contributed by atoms with Crippen molar-refractivity contribution in [2.24, 2.45) is 10.4 Å². The molecule has 2 N–H and O–H groups in total. The predicted octanol–water partition coefficient (Wildman–Crippen LogP) is 3.46. The predicted molar refractivity (Wildman–Crippen MR) is 127 cm³/mol. The molecule has 0 bridgehead atoms. The van der Waals surface area contributed by atoms with Crippen LogP contribution in [0.2, 0.25) is 0 Å². The molecule has 9 heteroatoms. The first kappa shape index (κ1) is 26.4. The summed E-state index contributed by atoms with van der Waals surface area (Å²) in [6.07, 6.45) is 1.81. The Morgan fingerprint density at radius 1 is 1.30 bits per heavy atom. The molecule has 0 spiro atoms. The van der Waals surface area contributed by atoms with Gasteiger partial charge in [-0.05, 0) is 46.8 Å². The molecule has 0 aromatic heterocycles. The number of aliphatic imine (C=N–C) groups is 1. The molecule has 0 amide bonds. The molecule has 0 radical (unpaired) electrons. The lowest BCUT2D eigenvalue weighted by molar-refractivity contribution is 0.222. The van der Waals surface area contributed by atoms with Gasteiger partial charge in [-0.15, -0.1) is 24.0 Å². The Kier molecular flexibility index (Phi) is 11.9. The Morgan fingerprint density at radius 2 is 1.93 bits per heavy atom. The van der Waals surface area contributed by atoms with E-state index in [-0.39, 0.29) is 41.2 Å². The second-order valence-electron chi connectivity index (χ2n) is 7.21. The fourth-order valence-electron chi connectivity index (χ4n) is 2.13. The van der Waals surface area contributed by atoms with E-state index in [1.807, 2.05) is 45.0 Å². The average Bonchev–Trinajstić information content (AvgIpc) is 2.55. The van der Waals surface area contributed by atoms with Crippen LogP contribution in [0.15, 0.2) is 33.7 Å². The largest absolute Gasteiger partial charge is 0.488 e. The van der Waals surface area contributed by atoms with Crippen LogP contribution in [-0.4, -0.2) is 52.6 Å². The van der Waals surface area contributed by atoms with E-state index in [2.05, 4.69) is 31.6 Å². The standard InChI is InChI=1S/C18H30BrN3O3S.HI/c1-14(25-16-9-7-6-8-15(16)19)12-21-17(20-4)22-13-18(2,3)10-11-26(5,23)24;/h6-9,14H,10-13H2,1-5H3,(H2,20,21,22);1H. The Balaban J connectivity index is 0.00000676. The molecule has 1 aromatic rings. The Labute approximate surface area is 189 Å². The van der Waals surface area contributed by atoms with Crippen molar-refractivity contribution in [1.29, 1.82) is 0 Å². The zero-order valence-corrected chi connectivity index (χ0v) is 21.3. The second kappa shape index (κ2) is 12.1. The molecular formula is C18H31BrIN3O3S. The summed E-state index contributed by atoms with van der Waals surface area (Å²) in [5.74, 6) is 1.65. The molecule has 1 aromatic carbocycles. The molecule has 1 rings (SSSR count). The highest BCUT2D eigenvalue weighted by Crippen LogP contribution is 2.24. The highest BCUT2D eigenvalue weighted by Gasteiger charge is 2.20. The van der Waals surface area contributed by atoms with Crippen LogP contribution >= 0.6 is 39.9 Å². The minimum atomic E-state index is -2.95. The van der Waals surface area contributed by atoms with Gasteiger partial charge >= 0.3 is 0 Å². The zero-order chi connectivity index (χ0) is 19.8. The number of guanidine groups is 1. The summed E-state index contributed by atoms with van der Waals surface area (Å²) in [4.78, 5) is 4.21. The summed E-state index contributed by atoms with van der Waals surface area (Å²) in [6.45, 7) is 7.27. The molecule has 0 aliphatic heterocycles. The van der Waals surface area contributed by atoms with Crippen molar-refractivity contribution in [3.8, 4) is 5.75 Å². The third kappa shape index (κ3) is 11.8. The van der Waals surface area contributed by atoms with E-state index in [0.717, 1.165) is 10.2 Å². The second-order valence-corrected chi connectivity index (χ2v) is 10.3. The number of sulfone groups is 1. The first-order chi connectivity index (χ1) is 12.0. The van der Waals surface area contributed by atoms with Gasteiger partial charge in [0.2, 0.25) is 0 Å². The molecule has 27 heavy (non-hydrogen) atoms. The van der Waals surface area contributed by atoms with Crippen molar-refractivity contribution in [1.82, 2.24) is 10.6 Å². The number of benzene rings is 1. The summed E-state index contributed by atoms with van der Waals surface area (Å²) in [7, 11) is -1.24. The van der Waals surface area contributed by atoms with Crippen LogP contribution in [0.25, 0.3) is 0 Å². The molecule has 0 fully saturated rings. The van der Waals surface area contributed by atoms with Crippen LogP contribution in [0.1, 0.15) is 27.2 Å². The molecule has 0 heterocycles. The number of para-hydroxylation sites is 1. The minimum Gasteiger partial charge on any atom is -0.488 e. The van der Waals surface area contributed by atoms with Gasteiger partial charge < -0.3 is 15.4 Å². The third-order valence-corrected chi connectivity index (χ3v) is 5.43. The molecule has 1 unspecified atom stereocenters. The Morgan fingerprint density at radius 3 is 2.48 bits per heavy atom. The van der Waals surface area contributed by atoms with E-state index in [9.17, 15) is 8.42 Å². The van der Waals surface area contributed by atoms with Crippen molar-refractivity contribution < 1.29 is 13.2 Å². The van der Waals surface area contributed by atoms with Gasteiger partial charge in [0, 0.05) is 19.8 Å². The lowest BCUT2D eigenvalue weighted by Crippen LogP contribution is -2.45. The van der Waals surface area contributed by atoms with Crippen molar-refractivity contribution >= 4 is 55.7 Å². The summed E-state index contributed by atoms with van der Waals surface area (Å²) >= 11 is 3.47. The number of hydrogen-bond acceptors (Lipinski definition) is 4. The summed E-state index contributed by atoms with van der Waals surface area (Å²) < 4.78 is 29.5. The van der Waals surface area contributed by atoms with Crippen LogP contribution in [-0.2, 0) is 9.84 Å². The van der Waals surface area contributed by atoms with Crippen molar-refractivity contribution in [3.05, 3.63) is 28.7 Å². The van der Waals surface area contributed by atoms with Gasteiger partial charge in [0.1, 0.15) is 21.7 Å². The number of halogens is 2. The fourth-order valence-corrected chi connectivity index (χ4v) is 3.43. The maximum Gasteiger partial charge on any atom is 0.191 e. The van der Waals surface area contributed by atoms with Gasteiger partial charge in [-0.3, -0.25) is 4.99 Å². The lowest BCUT2D eigenvalue weighted by Gasteiger charge is -2.26. The van der Waals surface area contributed by atoms with Crippen LogP contribution in [0.4, 0.5) is 0 Å². The minimum absolute atomic E-state index is 0. The summed E-state index contributed by atoms with van der Waals surface area (Å²) in [6, 6.07) is 7.73. The molecule has 1 atom stereocenters. The van der Waals surface area contributed by atoms with Gasteiger partial charge in [-0.2, -0.15) is 0 Å². The smallest absolute Gasteiger partial charge is 0.191 e. The molecule has 0 saturated carbocycles. The maximum atomic E-state index is 11.3. The SMILES string of the molecule is CN=C(NCC(C)Oc1ccccc1Br)NCC(C)(C)CCS(C)(=O)=O.I. The molecule has 0 saturated heterocycles. The van der Waals surface area contributed by atoms with Gasteiger partial charge in [0.05, 0.1) is 16.8 Å². The lowest BCUT2D eigenvalue weighted by atomic mass is 9.90. The van der Waals surface area contributed by atoms with Crippen LogP contribution in [0.3, 0.4) is 0 Å². The Bertz CT molecular complexity index is 712. The van der Waals surface area contributed by atoms with Gasteiger partial charge in [0.25, 0.3) is 0 Å². The van der Waals surface area contributed by atoms with Crippen molar-refractivity contribution in [2.75, 3.05) is 32.1 Å². The molecule has 0 aliphatic carbocycles. The van der Waals surface area contributed by atoms with Crippen LogP contribution in [0, 0.1) is 5.41 Å². The number of hydrogen-bond donors (Lipinski definition) is 2. The molecule has 0 aliphatic rings. The van der Waals surface area contributed by atoms with Gasteiger partial charge in [-0.1, -0.05) is 26.0 Å². The zero-order valence-electron chi connectivity index (χ0n) is 16.6. The van der Waals surface area contributed by atoms with Crippen molar-refractivity contribution in [3.63, 3.8) is 0 Å². The average molecular weight is 576 g/mol. The normalized spacial score (nSPS) is 13.5. The number of ether oxygens (including phenoxy) is 1. The van der Waals surface area contributed by atoms with E-state index >= 15 is 0 Å². The number of rotatable bonds is 9. The maximum absolute atomic E-state index is 11.3. The Hall–Kier alpha value is -0.550. The first-order valence-corrected chi connectivity index (χ1v) is 11.4. The topological polar surface area (TPSA) is 79.8 Å². The van der Waals surface area contributed by atoms with Gasteiger partial charge in [0.15, 0.2) is 5.96 Å². The molecule has 156 valence electrons. The summed E-state index contributed by atoms with van der Waals surface area (Å²) in [5.41, 5.74) is -0.155. The molecule has 6 nitrogen and oxygen atoms in total. The number of nitrogens with one attached hydrogen (secondary N) is 2. The van der Waals surface area contributed by atoms with E-state index < -0.39 is 9.84 Å². The highest BCUT2D eigenvalue weighted by molar-refractivity contribution is 14.0. The fraction of sp³-hybridized carbons (Fsp3) is 0.611. The van der Waals surface area contributed by atoms with Gasteiger partial charge in [-0.25, -0.2) is 8.42 Å². The molecular weight excluding hydrogens is 545 g/mol. The van der Waals surface area contributed by atoms with Crippen LogP contribution in [0.5, 0.6) is 5.75 Å². The van der Waals surface area contributed by atoms with E-state index in [1.54, 1.807) is 7.05 Å². The quantitative estimate of drug-likeness (QED) is 0.268. The monoisotopic (exact) mass is 575 g/mol. The third-order valence-electron chi connectivity index (χ3n) is 3.83. The van der Waals surface area contributed by atoms with E-state index in [1.165, 1.54) is 6.26 Å². The van der Waals surface area contributed by atoms with E-state index in [0.29, 0.717) is 25.5 Å². The van der Waals surface area contributed by atoms with E-state index in [4.69, 9.17) is 4.74 Å². The highest BCUT2D eigenvalue weighted by atomic mass is 127. The summed E-state index contributed by atoms with van der Waals surface area (Å²) in [5, 5.41) is 6.49. The van der Waals surface area contributed by atoms with Crippen molar-refractivity contribution in [2.45, 2.75) is 33.3 Å². The number of nitrogens with zero attached hydrogens (tertiary/aromatic N) is 1.